The van der Waals surface area contributed by atoms with Gasteiger partial charge in [0.25, 0.3) is 5.91 Å². The van der Waals surface area contributed by atoms with Crippen molar-refractivity contribution in [1.82, 2.24) is 0 Å². The molecular formula is C26H24Cl2N2O5. The fraction of sp³-hybridized carbons (Fsp3) is 0.231. The van der Waals surface area contributed by atoms with E-state index in [-0.39, 0.29) is 24.8 Å². The van der Waals surface area contributed by atoms with Gasteiger partial charge in [0.15, 0.2) is 6.61 Å². The number of ether oxygens (including phenoxy) is 3. The number of para-hydroxylation sites is 1. The number of rotatable bonds is 10. The van der Waals surface area contributed by atoms with E-state index in [2.05, 4.69) is 5.32 Å². The summed E-state index contributed by atoms with van der Waals surface area (Å²) in [7, 11) is 0. The molecule has 182 valence electrons. The quantitative estimate of drug-likeness (QED) is 0.356. The first-order valence-corrected chi connectivity index (χ1v) is 11.9. The summed E-state index contributed by atoms with van der Waals surface area (Å²) in [5.41, 5.74) is 1.23. The monoisotopic (exact) mass is 514 g/mol. The van der Waals surface area contributed by atoms with Crippen molar-refractivity contribution >= 4 is 46.4 Å². The molecule has 0 spiro atoms. The lowest BCUT2D eigenvalue weighted by atomic mass is 10.2. The van der Waals surface area contributed by atoms with Crippen molar-refractivity contribution in [2.75, 3.05) is 36.6 Å². The summed E-state index contributed by atoms with van der Waals surface area (Å²) >= 11 is 12.0. The predicted octanol–water partition coefficient (Wildman–Crippen LogP) is 5.60. The highest BCUT2D eigenvalue weighted by Gasteiger charge is 2.25. The van der Waals surface area contributed by atoms with Gasteiger partial charge in [-0.3, -0.25) is 9.59 Å². The first-order chi connectivity index (χ1) is 17.0. The van der Waals surface area contributed by atoms with Crippen LogP contribution in [-0.4, -0.2) is 38.2 Å². The van der Waals surface area contributed by atoms with Crippen LogP contribution >= 0.6 is 23.2 Å². The Morgan fingerprint density at radius 2 is 1.83 bits per heavy atom. The number of amides is 2. The van der Waals surface area contributed by atoms with Crippen LogP contribution in [0.5, 0.6) is 17.2 Å². The van der Waals surface area contributed by atoms with Gasteiger partial charge in [0.1, 0.15) is 23.9 Å². The van der Waals surface area contributed by atoms with E-state index >= 15 is 0 Å². The number of carbonyl (C=O) groups excluding carboxylic acids is 2. The molecule has 0 radical (unpaired) electrons. The fourth-order valence-corrected chi connectivity index (χ4v) is 3.99. The van der Waals surface area contributed by atoms with Crippen LogP contribution in [0.25, 0.3) is 0 Å². The molecule has 1 aliphatic rings. The summed E-state index contributed by atoms with van der Waals surface area (Å²) in [4.78, 5) is 26.4. The summed E-state index contributed by atoms with van der Waals surface area (Å²) < 4.78 is 16.9. The molecule has 7 nitrogen and oxygen atoms in total. The third-order valence-corrected chi connectivity index (χ3v) is 5.74. The number of fused-ring (bicyclic) bond motifs is 1. The van der Waals surface area contributed by atoms with Gasteiger partial charge < -0.3 is 24.4 Å². The van der Waals surface area contributed by atoms with Crippen LogP contribution in [-0.2, 0) is 9.59 Å². The molecular weight excluding hydrogens is 491 g/mol. The Morgan fingerprint density at radius 1 is 1.00 bits per heavy atom. The molecule has 0 unspecified atom stereocenters. The Labute approximate surface area is 213 Å². The maximum absolute atomic E-state index is 12.4. The van der Waals surface area contributed by atoms with E-state index in [1.165, 1.54) is 0 Å². The first-order valence-electron chi connectivity index (χ1n) is 11.1. The Hall–Kier alpha value is -3.42. The molecule has 0 saturated carbocycles. The average molecular weight is 515 g/mol. The van der Waals surface area contributed by atoms with Crippen LogP contribution in [0.1, 0.15) is 12.8 Å². The van der Waals surface area contributed by atoms with Gasteiger partial charge in [-0.05, 0) is 48.9 Å². The van der Waals surface area contributed by atoms with E-state index in [9.17, 15) is 9.59 Å². The van der Waals surface area contributed by atoms with E-state index in [1.807, 2.05) is 30.3 Å². The van der Waals surface area contributed by atoms with Gasteiger partial charge in [0.05, 0.1) is 23.9 Å². The molecule has 2 amide bonds. The second kappa shape index (κ2) is 11.8. The minimum absolute atomic E-state index is 0.0691. The minimum atomic E-state index is -0.157. The summed E-state index contributed by atoms with van der Waals surface area (Å²) in [6.07, 6.45) is 0.778. The van der Waals surface area contributed by atoms with Crippen LogP contribution in [0.3, 0.4) is 0 Å². The topological polar surface area (TPSA) is 77.1 Å². The van der Waals surface area contributed by atoms with Crippen LogP contribution < -0.4 is 24.4 Å². The molecule has 1 N–H and O–H groups in total. The van der Waals surface area contributed by atoms with Crippen molar-refractivity contribution in [2.24, 2.45) is 0 Å². The molecule has 3 aromatic rings. The van der Waals surface area contributed by atoms with Crippen molar-refractivity contribution in [3.05, 3.63) is 76.8 Å². The normalized spacial score (nSPS) is 12.5. The van der Waals surface area contributed by atoms with Crippen molar-refractivity contribution in [1.29, 1.82) is 0 Å². The molecule has 0 aliphatic carbocycles. The Balaban J connectivity index is 1.27. The maximum atomic E-state index is 12.4. The molecule has 9 heteroatoms. The standard InChI is InChI=1S/C26H24Cl2N2O5/c27-18-8-11-23(21(28)15-18)34-13-4-7-25(31)29-19-9-10-22-24(16-19)35-17-26(32)30(22)12-14-33-20-5-2-1-3-6-20/h1-3,5-6,8-11,15-16H,4,7,12-14,17H2,(H,29,31). The summed E-state index contributed by atoms with van der Waals surface area (Å²) in [5.74, 6) is 1.50. The van der Waals surface area contributed by atoms with Crippen molar-refractivity contribution < 1.29 is 23.8 Å². The van der Waals surface area contributed by atoms with E-state index < -0.39 is 0 Å². The largest absolute Gasteiger partial charge is 0.492 e. The fourth-order valence-electron chi connectivity index (χ4n) is 3.53. The van der Waals surface area contributed by atoms with Gasteiger partial charge in [-0.15, -0.1) is 0 Å². The number of nitrogens with one attached hydrogen (secondary N) is 1. The zero-order valence-corrected chi connectivity index (χ0v) is 20.3. The summed E-state index contributed by atoms with van der Waals surface area (Å²) in [6, 6.07) is 19.6. The zero-order chi connectivity index (χ0) is 24.6. The van der Waals surface area contributed by atoms with E-state index in [4.69, 9.17) is 37.4 Å². The van der Waals surface area contributed by atoms with E-state index in [1.54, 1.807) is 41.3 Å². The molecule has 0 fully saturated rings. The highest BCUT2D eigenvalue weighted by atomic mass is 35.5. The van der Waals surface area contributed by atoms with Gasteiger partial charge in [-0.1, -0.05) is 41.4 Å². The van der Waals surface area contributed by atoms with Crippen LogP contribution in [0.2, 0.25) is 10.0 Å². The second-order valence-corrected chi connectivity index (χ2v) is 8.60. The van der Waals surface area contributed by atoms with Gasteiger partial charge in [0, 0.05) is 23.2 Å². The predicted molar refractivity (Wildman–Crippen MR) is 136 cm³/mol. The molecule has 0 bridgehead atoms. The minimum Gasteiger partial charge on any atom is -0.492 e. The molecule has 0 aromatic heterocycles. The van der Waals surface area contributed by atoms with Gasteiger partial charge >= 0.3 is 0 Å². The highest BCUT2D eigenvalue weighted by molar-refractivity contribution is 6.35. The van der Waals surface area contributed by atoms with Crippen LogP contribution in [0.15, 0.2) is 66.7 Å². The molecule has 3 aromatic carbocycles. The SMILES string of the molecule is O=C(CCCOc1ccc(Cl)cc1Cl)Nc1ccc2c(c1)OCC(=O)N2CCOc1ccccc1. The summed E-state index contributed by atoms with van der Waals surface area (Å²) in [5, 5.41) is 3.81. The van der Waals surface area contributed by atoms with Crippen molar-refractivity contribution in [3.8, 4) is 17.2 Å². The molecule has 0 atom stereocenters. The number of benzene rings is 3. The molecule has 1 heterocycles. The number of hydrogen-bond acceptors (Lipinski definition) is 5. The lowest BCUT2D eigenvalue weighted by Crippen LogP contribution is -2.41. The third kappa shape index (κ3) is 6.81. The lowest BCUT2D eigenvalue weighted by molar-refractivity contribution is -0.121. The Morgan fingerprint density at radius 3 is 2.63 bits per heavy atom. The van der Waals surface area contributed by atoms with E-state index in [0.717, 1.165) is 5.75 Å². The second-order valence-electron chi connectivity index (χ2n) is 7.75. The third-order valence-electron chi connectivity index (χ3n) is 5.21. The van der Waals surface area contributed by atoms with E-state index in [0.29, 0.717) is 59.1 Å². The smallest absolute Gasteiger partial charge is 0.265 e. The number of nitrogens with zero attached hydrogens (tertiary/aromatic N) is 1. The van der Waals surface area contributed by atoms with Crippen molar-refractivity contribution in [2.45, 2.75) is 12.8 Å². The van der Waals surface area contributed by atoms with Crippen molar-refractivity contribution in [3.63, 3.8) is 0 Å². The Bertz CT molecular complexity index is 1190. The first kappa shape index (κ1) is 24.7. The number of carbonyl (C=O) groups is 2. The summed E-state index contributed by atoms with van der Waals surface area (Å²) in [6.45, 7) is 0.995. The Kier molecular flexibility index (Phi) is 8.34. The average Bonchev–Trinajstić information content (AvgIpc) is 2.85. The maximum Gasteiger partial charge on any atom is 0.265 e. The number of halogens is 2. The lowest BCUT2D eigenvalue weighted by Gasteiger charge is -2.29. The van der Waals surface area contributed by atoms with Gasteiger partial charge in [-0.25, -0.2) is 0 Å². The van der Waals surface area contributed by atoms with Gasteiger partial charge in [-0.2, -0.15) is 0 Å². The highest BCUT2D eigenvalue weighted by Crippen LogP contribution is 2.34. The number of anilines is 2. The molecule has 1 aliphatic heterocycles. The van der Waals surface area contributed by atoms with Crippen LogP contribution in [0, 0.1) is 0 Å². The zero-order valence-electron chi connectivity index (χ0n) is 18.8. The van der Waals surface area contributed by atoms with Gasteiger partial charge in [0.2, 0.25) is 5.91 Å². The molecule has 0 saturated heterocycles. The molecule has 4 rings (SSSR count). The van der Waals surface area contributed by atoms with Crippen LogP contribution in [0.4, 0.5) is 11.4 Å². The number of hydrogen-bond donors (Lipinski definition) is 1. The molecule has 35 heavy (non-hydrogen) atoms.